The summed E-state index contributed by atoms with van der Waals surface area (Å²) in [6, 6.07) is 0. The summed E-state index contributed by atoms with van der Waals surface area (Å²) in [6.45, 7) is 0. The second-order valence-corrected chi connectivity index (χ2v) is 3.58. The van der Waals surface area contributed by atoms with Gasteiger partial charge in [-0.2, -0.15) is 0 Å². The fourth-order valence-electron chi connectivity index (χ4n) is 1.29. The molecule has 0 aliphatic heterocycles. The van der Waals surface area contributed by atoms with Gasteiger partial charge in [-0.05, 0) is 25.7 Å². The number of carboxylic acid groups (broad SMARTS) is 2. The number of aliphatic carboxylic acids is 2. The van der Waals surface area contributed by atoms with Gasteiger partial charge in [0, 0.05) is 12.8 Å². The molecule has 0 amide bonds. The van der Waals surface area contributed by atoms with Gasteiger partial charge in [0.05, 0.1) is 6.10 Å². The monoisotopic (exact) mass is 218 g/mol. The van der Waals surface area contributed by atoms with Gasteiger partial charge in [0.15, 0.2) is 0 Å². The number of aliphatic hydroxyl groups is 1. The van der Waals surface area contributed by atoms with Crippen LogP contribution in [0.5, 0.6) is 0 Å². The third kappa shape index (κ3) is 10.8. The van der Waals surface area contributed by atoms with Gasteiger partial charge in [-0.25, -0.2) is 0 Å². The summed E-state index contributed by atoms with van der Waals surface area (Å²) in [5, 5.41) is 26.1. The smallest absolute Gasteiger partial charge is 0.303 e. The zero-order valence-corrected chi connectivity index (χ0v) is 8.69. The van der Waals surface area contributed by atoms with Crippen molar-refractivity contribution in [2.24, 2.45) is 0 Å². The third-order valence-electron chi connectivity index (χ3n) is 2.11. The Balaban J connectivity index is 3.29. The van der Waals surface area contributed by atoms with Gasteiger partial charge in [-0.1, -0.05) is 6.42 Å². The first-order chi connectivity index (χ1) is 7.02. The summed E-state index contributed by atoms with van der Waals surface area (Å²) in [4.78, 5) is 20.3. The highest BCUT2D eigenvalue weighted by molar-refractivity contribution is 5.66. The molecule has 0 fully saturated rings. The molecule has 1 unspecified atom stereocenters. The van der Waals surface area contributed by atoms with Crippen molar-refractivity contribution >= 4 is 11.9 Å². The average molecular weight is 218 g/mol. The van der Waals surface area contributed by atoms with Crippen LogP contribution in [0.15, 0.2) is 0 Å². The predicted octanol–water partition coefficient (Wildman–Crippen LogP) is 1.25. The maximum Gasteiger partial charge on any atom is 0.303 e. The molecule has 1 atom stereocenters. The summed E-state index contributed by atoms with van der Waals surface area (Å²) in [5.41, 5.74) is 0. The zero-order chi connectivity index (χ0) is 11.7. The van der Waals surface area contributed by atoms with Gasteiger partial charge in [0.2, 0.25) is 0 Å². The zero-order valence-electron chi connectivity index (χ0n) is 8.69. The van der Waals surface area contributed by atoms with Crippen molar-refractivity contribution in [3.05, 3.63) is 0 Å². The van der Waals surface area contributed by atoms with Crippen LogP contribution in [0.2, 0.25) is 0 Å². The Morgan fingerprint density at radius 1 is 0.867 bits per heavy atom. The Labute approximate surface area is 88.7 Å². The van der Waals surface area contributed by atoms with Crippen LogP contribution in [-0.2, 0) is 9.59 Å². The van der Waals surface area contributed by atoms with E-state index in [1.54, 1.807) is 0 Å². The molecule has 15 heavy (non-hydrogen) atoms. The van der Waals surface area contributed by atoms with Gasteiger partial charge in [-0.3, -0.25) is 9.59 Å². The van der Waals surface area contributed by atoms with Crippen molar-refractivity contribution < 1.29 is 24.9 Å². The van der Waals surface area contributed by atoms with Crippen LogP contribution >= 0.6 is 0 Å². The van der Waals surface area contributed by atoms with E-state index in [2.05, 4.69) is 0 Å². The average Bonchev–Trinajstić information content (AvgIpc) is 2.11. The minimum atomic E-state index is -0.854. The molecule has 0 aliphatic rings. The molecule has 0 saturated carbocycles. The van der Waals surface area contributed by atoms with E-state index in [0.29, 0.717) is 32.1 Å². The topological polar surface area (TPSA) is 94.8 Å². The Morgan fingerprint density at radius 3 is 1.87 bits per heavy atom. The molecule has 0 aromatic carbocycles. The lowest BCUT2D eigenvalue weighted by molar-refractivity contribution is -0.138. The third-order valence-corrected chi connectivity index (χ3v) is 2.11. The van der Waals surface area contributed by atoms with Crippen molar-refractivity contribution in [2.75, 3.05) is 0 Å². The Bertz CT molecular complexity index is 202. The van der Waals surface area contributed by atoms with E-state index in [0.717, 1.165) is 0 Å². The van der Waals surface area contributed by atoms with Crippen LogP contribution in [0.3, 0.4) is 0 Å². The molecule has 0 heterocycles. The lowest BCUT2D eigenvalue weighted by Crippen LogP contribution is -2.08. The molecule has 0 saturated heterocycles. The molecule has 5 heteroatoms. The highest BCUT2D eigenvalue weighted by Gasteiger charge is 2.06. The summed E-state index contributed by atoms with van der Waals surface area (Å²) in [6.07, 6.45) is 2.42. The van der Waals surface area contributed by atoms with Crippen molar-refractivity contribution in [2.45, 2.75) is 51.0 Å². The molecule has 0 aromatic rings. The number of carboxylic acids is 2. The largest absolute Gasteiger partial charge is 0.481 e. The summed E-state index contributed by atoms with van der Waals surface area (Å²) in [5.74, 6) is -1.68. The maximum atomic E-state index is 10.2. The van der Waals surface area contributed by atoms with E-state index in [4.69, 9.17) is 10.2 Å². The van der Waals surface area contributed by atoms with Crippen LogP contribution < -0.4 is 0 Å². The van der Waals surface area contributed by atoms with E-state index in [-0.39, 0.29) is 12.8 Å². The number of carbonyl (C=O) groups is 2. The number of rotatable bonds is 9. The number of aliphatic hydroxyl groups excluding tert-OH is 1. The predicted molar refractivity (Wildman–Crippen MR) is 53.6 cm³/mol. The second-order valence-electron chi connectivity index (χ2n) is 3.58. The first-order valence-corrected chi connectivity index (χ1v) is 5.14. The van der Waals surface area contributed by atoms with E-state index in [1.807, 2.05) is 0 Å². The van der Waals surface area contributed by atoms with Gasteiger partial charge in [0.1, 0.15) is 0 Å². The maximum absolute atomic E-state index is 10.2. The standard InChI is InChI=1S/C10H18O5/c11-8(5-3-7-10(14)15)4-1-2-6-9(12)13/h8,11H,1-7H2,(H,12,13)(H,14,15). The summed E-state index contributed by atoms with van der Waals surface area (Å²) in [7, 11) is 0. The highest BCUT2D eigenvalue weighted by Crippen LogP contribution is 2.09. The van der Waals surface area contributed by atoms with Gasteiger partial charge in [0.25, 0.3) is 0 Å². The van der Waals surface area contributed by atoms with Crippen LogP contribution in [0.25, 0.3) is 0 Å². The Hall–Kier alpha value is -1.10. The summed E-state index contributed by atoms with van der Waals surface area (Å²) >= 11 is 0. The minimum absolute atomic E-state index is 0.0756. The second kappa shape index (κ2) is 8.23. The van der Waals surface area contributed by atoms with Crippen molar-refractivity contribution in [3.8, 4) is 0 Å². The van der Waals surface area contributed by atoms with E-state index in [9.17, 15) is 14.7 Å². The molecule has 0 rings (SSSR count). The minimum Gasteiger partial charge on any atom is -0.481 e. The Morgan fingerprint density at radius 2 is 1.33 bits per heavy atom. The molecule has 5 nitrogen and oxygen atoms in total. The molecule has 3 N–H and O–H groups in total. The van der Waals surface area contributed by atoms with E-state index in [1.165, 1.54) is 0 Å². The lowest BCUT2D eigenvalue weighted by Gasteiger charge is -2.08. The van der Waals surface area contributed by atoms with Crippen LogP contribution in [0, 0.1) is 0 Å². The first kappa shape index (κ1) is 13.9. The molecule has 0 aromatic heterocycles. The molecule has 0 spiro atoms. The van der Waals surface area contributed by atoms with Gasteiger partial charge >= 0.3 is 11.9 Å². The van der Waals surface area contributed by atoms with E-state index < -0.39 is 18.0 Å². The number of hydrogen-bond acceptors (Lipinski definition) is 3. The molecule has 0 aliphatic carbocycles. The Kier molecular flexibility index (Phi) is 7.62. The van der Waals surface area contributed by atoms with Crippen LogP contribution in [-0.4, -0.2) is 33.4 Å². The van der Waals surface area contributed by atoms with Gasteiger partial charge in [-0.15, -0.1) is 0 Å². The fourth-order valence-corrected chi connectivity index (χ4v) is 1.29. The van der Waals surface area contributed by atoms with Crippen LogP contribution in [0.1, 0.15) is 44.9 Å². The quantitative estimate of drug-likeness (QED) is 0.506. The number of unbranched alkanes of at least 4 members (excludes halogenated alkanes) is 1. The number of hydrogen-bond donors (Lipinski definition) is 3. The lowest BCUT2D eigenvalue weighted by atomic mass is 10.1. The van der Waals surface area contributed by atoms with Crippen molar-refractivity contribution in [3.63, 3.8) is 0 Å². The van der Waals surface area contributed by atoms with Crippen molar-refractivity contribution in [1.82, 2.24) is 0 Å². The molecule has 0 radical (unpaired) electrons. The van der Waals surface area contributed by atoms with Crippen LogP contribution in [0.4, 0.5) is 0 Å². The molecular weight excluding hydrogens is 200 g/mol. The van der Waals surface area contributed by atoms with Gasteiger partial charge < -0.3 is 15.3 Å². The fraction of sp³-hybridized carbons (Fsp3) is 0.800. The van der Waals surface area contributed by atoms with E-state index >= 15 is 0 Å². The molecular formula is C10H18O5. The molecule has 0 bridgehead atoms. The SMILES string of the molecule is O=C(O)CCCCC(O)CCCC(=O)O. The molecule has 88 valence electrons. The first-order valence-electron chi connectivity index (χ1n) is 5.14. The normalized spacial score (nSPS) is 12.3. The summed E-state index contributed by atoms with van der Waals surface area (Å²) < 4.78 is 0. The highest BCUT2D eigenvalue weighted by atomic mass is 16.4. The van der Waals surface area contributed by atoms with Crippen molar-refractivity contribution in [1.29, 1.82) is 0 Å².